The van der Waals surface area contributed by atoms with Crippen molar-refractivity contribution in [1.82, 2.24) is 9.21 Å². The predicted octanol–water partition coefficient (Wildman–Crippen LogP) is 5.40. The largest absolute Gasteiger partial charge is 0.490 e. The lowest BCUT2D eigenvalue weighted by molar-refractivity contribution is -0.00833. The lowest BCUT2D eigenvalue weighted by Gasteiger charge is -2.35. The quantitative estimate of drug-likeness (QED) is 0.297. The van der Waals surface area contributed by atoms with E-state index in [2.05, 4.69) is 4.72 Å². The molecule has 0 saturated heterocycles. The van der Waals surface area contributed by atoms with Gasteiger partial charge >= 0.3 is 0 Å². The van der Waals surface area contributed by atoms with E-state index in [0.29, 0.717) is 24.5 Å². The van der Waals surface area contributed by atoms with Crippen molar-refractivity contribution in [1.29, 1.82) is 0 Å². The lowest BCUT2D eigenvalue weighted by Crippen LogP contribution is -2.48. The fourth-order valence-electron chi connectivity index (χ4n) is 5.41. The van der Waals surface area contributed by atoms with Crippen LogP contribution in [0.1, 0.15) is 50.4 Å². The number of fused-ring (bicyclic) bond motifs is 1. The van der Waals surface area contributed by atoms with Gasteiger partial charge in [-0.2, -0.15) is 4.31 Å². The monoisotopic (exact) mass is 739 g/mol. The number of ether oxygens (including phenoxy) is 2. The Morgan fingerprint density at radius 3 is 2.33 bits per heavy atom. The summed E-state index contributed by atoms with van der Waals surface area (Å²) in [5, 5.41) is 10.6. The van der Waals surface area contributed by atoms with Gasteiger partial charge in [-0.1, -0.05) is 18.5 Å². The number of aliphatic hydroxyl groups excluding tert-OH is 1. The molecule has 4 rings (SSSR count). The van der Waals surface area contributed by atoms with Crippen molar-refractivity contribution in [3.8, 4) is 5.75 Å². The number of hydrogen-bond acceptors (Lipinski definition) is 8. The molecule has 0 fully saturated rings. The molecule has 0 aromatic heterocycles. The second-order valence-electron chi connectivity index (χ2n) is 12.3. The highest BCUT2D eigenvalue weighted by atomic mass is 35.5. The standard InChI is InChI=1S/C34H43ClFN3O8S2/c1-23-20-39(24(2)22-40)34(41)31-19-28(37-48(42,43)29-15-10-27(36)11-16-29)12-17-32(31)47-25(3)7-5-6-18-46-33(23)21-38(4)49(44,45)30-13-8-26(35)9-14-30/h8-17,19,23-25,33,37,40H,5-7,18,20-22H2,1-4H3/t23-,24-,25-,33-/m1/s1. The van der Waals surface area contributed by atoms with Gasteiger partial charge in [0, 0.05) is 43.4 Å². The van der Waals surface area contributed by atoms with Crippen molar-refractivity contribution in [3.63, 3.8) is 0 Å². The Labute approximate surface area is 293 Å². The number of aliphatic hydroxyl groups is 1. The molecule has 0 bridgehead atoms. The maximum Gasteiger partial charge on any atom is 0.261 e. The van der Waals surface area contributed by atoms with Crippen LogP contribution in [0.15, 0.2) is 76.5 Å². The summed E-state index contributed by atoms with van der Waals surface area (Å²) in [5.41, 5.74) is 0.143. The van der Waals surface area contributed by atoms with Gasteiger partial charge in [-0.3, -0.25) is 9.52 Å². The highest BCUT2D eigenvalue weighted by Crippen LogP contribution is 2.30. The summed E-state index contributed by atoms with van der Waals surface area (Å²) in [5.74, 6) is -1.29. The zero-order valence-electron chi connectivity index (χ0n) is 27.9. The molecule has 49 heavy (non-hydrogen) atoms. The van der Waals surface area contributed by atoms with E-state index in [4.69, 9.17) is 21.1 Å². The van der Waals surface area contributed by atoms with Gasteiger partial charge < -0.3 is 19.5 Å². The molecule has 1 aliphatic rings. The molecular formula is C34H43ClFN3O8S2. The zero-order valence-corrected chi connectivity index (χ0v) is 30.3. The number of likely N-dealkylation sites (N-methyl/N-ethyl adjacent to an activating group) is 1. The molecule has 3 aromatic carbocycles. The molecule has 1 aliphatic heterocycles. The number of sulfonamides is 2. The third kappa shape index (κ3) is 9.92. The number of anilines is 1. The van der Waals surface area contributed by atoms with Gasteiger partial charge in [0.15, 0.2) is 0 Å². The van der Waals surface area contributed by atoms with E-state index in [1.54, 1.807) is 6.92 Å². The van der Waals surface area contributed by atoms with Crippen LogP contribution in [0, 0.1) is 11.7 Å². The Kier molecular flexibility index (Phi) is 13.1. The minimum atomic E-state index is -4.13. The Balaban J connectivity index is 1.67. The van der Waals surface area contributed by atoms with E-state index in [1.165, 1.54) is 58.7 Å². The number of amides is 1. The first-order chi connectivity index (χ1) is 23.1. The van der Waals surface area contributed by atoms with Gasteiger partial charge in [-0.15, -0.1) is 0 Å². The first-order valence-electron chi connectivity index (χ1n) is 16.0. The van der Waals surface area contributed by atoms with Gasteiger partial charge in [0.25, 0.3) is 15.9 Å². The third-order valence-corrected chi connectivity index (χ3v) is 11.9. The number of nitrogens with zero attached hydrogens (tertiary/aromatic N) is 2. The van der Waals surface area contributed by atoms with E-state index in [0.717, 1.165) is 30.7 Å². The van der Waals surface area contributed by atoms with Crippen molar-refractivity contribution >= 4 is 43.2 Å². The second-order valence-corrected chi connectivity index (χ2v) is 16.5. The topological polar surface area (TPSA) is 143 Å². The number of rotatable bonds is 9. The number of carbonyl (C=O) groups is 1. The molecule has 0 saturated carbocycles. The molecule has 11 nitrogen and oxygen atoms in total. The number of hydrogen-bond donors (Lipinski definition) is 2. The van der Waals surface area contributed by atoms with Crippen LogP contribution < -0.4 is 9.46 Å². The van der Waals surface area contributed by atoms with Crippen molar-refractivity contribution in [2.24, 2.45) is 5.92 Å². The zero-order chi connectivity index (χ0) is 35.9. The normalized spacial score (nSPS) is 20.6. The van der Waals surface area contributed by atoms with Crippen LogP contribution in [-0.2, 0) is 24.8 Å². The molecule has 4 atom stereocenters. The molecule has 15 heteroatoms. The minimum Gasteiger partial charge on any atom is -0.490 e. The highest BCUT2D eigenvalue weighted by Gasteiger charge is 2.32. The number of halogens is 2. The first kappa shape index (κ1) is 38.5. The predicted molar refractivity (Wildman–Crippen MR) is 185 cm³/mol. The average Bonchev–Trinajstić information content (AvgIpc) is 3.06. The molecule has 0 aliphatic carbocycles. The maximum absolute atomic E-state index is 14.3. The van der Waals surface area contributed by atoms with Crippen LogP contribution in [0.4, 0.5) is 10.1 Å². The number of benzene rings is 3. The van der Waals surface area contributed by atoms with E-state index in [-0.39, 0.29) is 52.6 Å². The van der Waals surface area contributed by atoms with Crippen LogP contribution in [0.25, 0.3) is 0 Å². The third-order valence-electron chi connectivity index (χ3n) is 8.39. The summed E-state index contributed by atoms with van der Waals surface area (Å²) < 4.78 is 82.6. The molecule has 2 N–H and O–H groups in total. The Hall–Kier alpha value is -3.27. The molecule has 1 heterocycles. The highest BCUT2D eigenvalue weighted by molar-refractivity contribution is 7.92. The minimum absolute atomic E-state index is 0.00687. The maximum atomic E-state index is 14.3. The summed E-state index contributed by atoms with van der Waals surface area (Å²) >= 11 is 5.97. The van der Waals surface area contributed by atoms with Gasteiger partial charge in [0.1, 0.15) is 11.6 Å². The van der Waals surface area contributed by atoms with Crippen molar-refractivity contribution in [2.45, 2.75) is 68.1 Å². The SMILES string of the molecule is C[C@@H]1CCCCO[C@H](CN(C)S(=O)(=O)c2ccc(Cl)cc2)[C@H](C)CN([C@H](C)CO)C(=O)c2cc(NS(=O)(=O)c3ccc(F)cc3)ccc2O1. The van der Waals surface area contributed by atoms with Crippen LogP contribution >= 0.6 is 11.6 Å². The summed E-state index contributed by atoms with van der Waals surface area (Å²) in [7, 11) is -6.55. The van der Waals surface area contributed by atoms with Crippen LogP contribution in [-0.4, -0.2) is 88.7 Å². The van der Waals surface area contributed by atoms with Crippen molar-refractivity contribution in [2.75, 3.05) is 38.1 Å². The second kappa shape index (κ2) is 16.6. The smallest absolute Gasteiger partial charge is 0.261 e. The molecule has 268 valence electrons. The number of nitrogens with one attached hydrogen (secondary N) is 1. The van der Waals surface area contributed by atoms with Gasteiger partial charge in [0.05, 0.1) is 40.2 Å². The van der Waals surface area contributed by atoms with Crippen molar-refractivity contribution in [3.05, 3.63) is 83.1 Å². The molecule has 1 amide bonds. The van der Waals surface area contributed by atoms with E-state index >= 15 is 0 Å². The Bertz CT molecular complexity index is 1790. The summed E-state index contributed by atoms with van der Waals surface area (Å²) in [6.07, 6.45) is 1.09. The van der Waals surface area contributed by atoms with Gasteiger partial charge in [-0.05, 0) is 99.8 Å². The van der Waals surface area contributed by atoms with Crippen LogP contribution in [0.3, 0.4) is 0 Å². The van der Waals surface area contributed by atoms with E-state index in [1.807, 2.05) is 13.8 Å². The van der Waals surface area contributed by atoms with Crippen LogP contribution in [0.2, 0.25) is 5.02 Å². The van der Waals surface area contributed by atoms with Gasteiger partial charge in [-0.25, -0.2) is 21.2 Å². The van der Waals surface area contributed by atoms with Crippen LogP contribution in [0.5, 0.6) is 5.75 Å². The van der Waals surface area contributed by atoms with E-state index in [9.17, 15) is 31.1 Å². The van der Waals surface area contributed by atoms with Gasteiger partial charge in [0.2, 0.25) is 10.0 Å². The van der Waals surface area contributed by atoms with E-state index < -0.39 is 49.8 Å². The fourth-order valence-corrected chi connectivity index (χ4v) is 7.77. The summed E-state index contributed by atoms with van der Waals surface area (Å²) in [4.78, 5) is 15.7. The molecule has 3 aromatic rings. The van der Waals surface area contributed by atoms with Crippen molar-refractivity contribution < 1.29 is 40.6 Å². The number of carbonyl (C=O) groups excluding carboxylic acids is 1. The molecule has 0 radical (unpaired) electrons. The average molecular weight is 740 g/mol. The first-order valence-corrected chi connectivity index (χ1v) is 19.3. The summed E-state index contributed by atoms with van der Waals surface area (Å²) in [6, 6.07) is 13.9. The Morgan fingerprint density at radius 2 is 1.67 bits per heavy atom. The lowest BCUT2D eigenvalue weighted by atomic mass is 10.0. The fraction of sp³-hybridized carbons (Fsp3) is 0.441. The molecule has 0 unspecified atom stereocenters. The Morgan fingerprint density at radius 1 is 1.02 bits per heavy atom. The molecule has 0 spiro atoms. The summed E-state index contributed by atoms with van der Waals surface area (Å²) in [6.45, 7) is 5.42. The molecular weight excluding hydrogens is 697 g/mol.